The zero-order chi connectivity index (χ0) is 22.2. The number of thioether (sulfide) groups is 1. The van der Waals surface area contributed by atoms with Crippen molar-refractivity contribution in [2.24, 2.45) is 0 Å². The highest BCUT2D eigenvalue weighted by Gasteiger charge is 2.17. The smallest absolute Gasteiger partial charge is 0.237 e. The largest absolute Gasteiger partial charge is 0.457 e. The molecular weight excluding hydrogens is 440 g/mol. The van der Waals surface area contributed by atoms with E-state index in [2.05, 4.69) is 33.0 Å². The first-order valence-corrected chi connectivity index (χ1v) is 11.8. The Kier molecular flexibility index (Phi) is 7.37. The number of anilines is 2. The van der Waals surface area contributed by atoms with Gasteiger partial charge in [-0.3, -0.25) is 4.79 Å². The molecule has 1 atom stereocenters. The molecule has 2 N–H and O–H groups in total. The lowest BCUT2D eigenvalue weighted by molar-refractivity contribution is -0.115. The van der Waals surface area contributed by atoms with Gasteiger partial charge in [0.25, 0.3) is 0 Å². The van der Waals surface area contributed by atoms with Gasteiger partial charge in [-0.15, -0.1) is 10.2 Å². The summed E-state index contributed by atoms with van der Waals surface area (Å²) in [5, 5.41) is 15.0. The molecule has 1 heterocycles. The van der Waals surface area contributed by atoms with Gasteiger partial charge in [-0.25, -0.2) is 0 Å². The number of carbonyl (C=O) groups is 1. The third-order valence-corrected chi connectivity index (χ3v) is 6.51. The van der Waals surface area contributed by atoms with E-state index in [-0.39, 0.29) is 11.2 Å². The van der Waals surface area contributed by atoms with Gasteiger partial charge in [-0.1, -0.05) is 71.6 Å². The lowest BCUT2D eigenvalue weighted by atomic mass is 10.2. The number of benzene rings is 3. The Labute approximate surface area is 195 Å². The van der Waals surface area contributed by atoms with E-state index in [1.807, 2.05) is 79.7 Å². The molecule has 1 aromatic heterocycles. The molecule has 3 aromatic carbocycles. The third-order valence-electron chi connectivity index (χ3n) is 4.44. The summed E-state index contributed by atoms with van der Waals surface area (Å²) < 4.78 is 6.52. The summed E-state index contributed by atoms with van der Waals surface area (Å²) in [5.41, 5.74) is 1.88. The zero-order valence-corrected chi connectivity index (χ0v) is 19.0. The van der Waals surface area contributed by atoms with Crippen LogP contribution in [0.3, 0.4) is 0 Å². The Balaban J connectivity index is 1.26. The fraction of sp³-hybridized carbons (Fsp3) is 0.125. The van der Waals surface area contributed by atoms with E-state index in [4.69, 9.17) is 4.74 Å². The number of hydrogen-bond acceptors (Lipinski definition) is 7. The van der Waals surface area contributed by atoms with Gasteiger partial charge >= 0.3 is 0 Å². The van der Waals surface area contributed by atoms with Crippen molar-refractivity contribution in [3.05, 3.63) is 90.5 Å². The first-order valence-electron chi connectivity index (χ1n) is 10.1. The number of rotatable bonds is 9. The molecule has 4 rings (SSSR count). The van der Waals surface area contributed by atoms with E-state index >= 15 is 0 Å². The average molecular weight is 463 g/mol. The van der Waals surface area contributed by atoms with Crippen molar-refractivity contribution < 1.29 is 9.53 Å². The van der Waals surface area contributed by atoms with Gasteiger partial charge in [0.15, 0.2) is 4.34 Å². The number of ether oxygens (including phenoxy) is 1. The fourth-order valence-corrected chi connectivity index (χ4v) is 4.67. The Hall–Kier alpha value is -3.36. The second-order valence-corrected chi connectivity index (χ2v) is 9.47. The number of carbonyl (C=O) groups excluding carboxylic acids is 1. The molecule has 32 heavy (non-hydrogen) atoms. The predicted molar refractivity (Wildman–Crippen MR) is 131 cm³/mol. The highest BCUT2D eigenvalue weighted by molar-refractivity contribution is 8.02. The van der Waals surface area contributed by atoms with Crippen LogP contribution in [0.25, 0.3) is 0 Å². The summed E-state index contributed by atoms with van der Waals surface area (Å²) >= 11 is 2.83. The highest BCUT2D eigenvalue weighted by Crippen LogP contribution is 2.30. The van der Waals surface area contributed by atoms with E-state index < -0.39 is 0 Å². The van der Waals surface area contributed by atoms with Crippen molar-refractivity contribution in [3.63, 3.8) is 0 Å². The molecule has 0 aliphatic heterocycles. The van der Waals surface area contributed by atoms with Gasteiger partial charge in [0.1, 0.15) is 11.5 Å². The monoisotopic (exact) mass is 462 g/mol. The van der Waals surface area contributed by atoms with Crippen LogP contribution in [0.15, 0.2) is 89.3 Å². The molecule has 0 aliphatic rings. The van der Waals surface area contributed by atoms with Gasteiger partial charge < -0.3 is 15.4 Å². The summed E-state index contributed by atoms with van der Waals surface area (Å²) in [6.45, 7) is 2.53. The molecular formula is C24H22N4O2S2. The Morgan fingerprint density at radius 1 is 0.938 bits per heavy atom. The van der Waals surface area contributed by atoms with Crippen molar-refractivity contribution >= 4 is 39.8 Å². The molecule has 1 amide bonds. The Bertz CT molecular complexity index is 1140. The minimum Gasteiger partial charge on any atom is -0.457 e. The van der Waals surface area contributed by atoms with Gasteiger partial charge in [-0.2, -0.15) is 0 Å². The number of nitrogens with one attached hydrogen (secondary N) is 2. The van der Waals surface area contributed by atoms with Crippen LogP contribution in [0.1, 0.15) is 12.5 Å². The maximum absolute atomic E-state index is 12.6. The molecule has 0 spiro atoms. The summed E-state index contributed by atoms with van der Waals surface area (Å²) in [6, 6.07) is 27.0. The molecule has 4 aromatic rings. The van der Waals surface area contributed by atoms with Crippen molar-refractivity contribution in [3.8, 4) is 11.5 Å². The zero-order valence-electron chi connectivity index (χ0n) is 17.4. The van der Waals surface area contributed by atoms with E-state index in [9.17, 15) is 4.79 Å². The van der Waals surface area contributed by atoms with Crippen LogP contribution in [0.4, 0.5) is 10.8 Å². The van der Waals surface area contributed by atoms with Crippen LogP contribution in [-0.2, 0) is 11.3 Å². The average Bonchev–Trinajstić information content (AvgIpc) is 3.27. The summed E-state index contributed by atoms with van der Waals surface area (Å²) in [5.74, 6) is 1.38. The van der Waals surface area contributed by atoms with Crippen LogP contribution in [-0.4, -0.2) is 21.4 Å². The first-order chi connectivity index (χ1) is 15.7. The molecule has 0 saturated carbocycles. The Morgan fingerprint density at radius 2 is 1.59 bits per heavy atom. The van der Waals surface area contributed by atoms with E-state index in [0.717, 1.165) is 15.2 Å². The van der Waals surface area contributed by atoms with Crippen LogP contribution < -0.4 is 15.4 Å². The van der Waals surface area contributed by atoms with Crippen LogP contribution in [0.5, 0.6) is 11.5 Å². The van der Waals surface area contributed by atoms with E-state index in [1.54, 1.807) is 0 Å². The molecule has 0 unspecified atom stereocenters. The summed E-state index contributed by atoms with van der Waals surface area (Å²) in [6.07, 6.45) is 0. The van der Waals surface area contributed by atoms with E-state index in [1.165, 1.54) is 28.7 Å². The standard InChI is InChI=1S/C24H22N4O2S2/c1-17(31-24-28-27-23(32-24)25-16-18-8-4-2-5-9-18)22(29)26-19-12-14-21(15-13-19)30-20-10-6-3-7-11-20/h2-15,17H,16H2,1H3,(H,25,27)(H,26,29)/t17-/m0/s1. The van der Waals surface area contributed by atoms with Crippen molar-refractivity contribution in [1.82, 2.24) is 10.2 Å². The van der Waals surface area contributed by atoms with Crippen LogP contribution in [0, 0.1) is 0 Å². The van der Waals surface area contributed by atoms with Crippen molar-refractivity contribution in [2.75, 3.05) is 10.6 Å². The van der Waals surface area contributed by atoms with Gasteiger partial charge in [0, 0.05) is 12.2 Å². The number of para-hydroxylation sites is 1. The molecule has 0 radical (unpaired) electrons. The first kappa shape index (κ1) is 21.9. The molecule has 0 saturated heterocycles. The van der Waals surface area contributed by atoms with Gasteiger partial charge in [-0.05, 0) is 48.9 Å². The minimum atomic E-state index is -0.315. The normalized spacial score (nSPS) is 11.5. The number of aromatic nitrogens is 2. The number of hydrogen-bond donors (Lipinski definition) is 2. The maximum atomic E-state index is 12.6. The van der Waals surface area contributed by atoms with Crippen molar-refractivity contribution in [2.45, 2.75) is 23.1 Å². The van der Waals surface area contributed by atoms with Crippen LogP contribution in [0.2, 0.25) is 0 Å². The quantitative estimate of drug-likeness (QED) is 0.294. The maximum Gasteiger partial charge on any atom is 0.237 e. The lowest BCUT2D eigenvalue weighted by Crippen LogP contribution is -2.22. The molecule has 6 nitrogen and oxygen atoms in total. The lowest BCUT2D eigenvalue weighted by Gasteiger charge is -2.11. The number of amides is 1. The van der Waals surface area contributed by atoms with Gasteiger partial charge in [0.05, 0.1) is 5.25 Å². The van der Waals surface area contributed by atoms with Crippen LogP contribution >= 0.6 is 23.1 Å². The molecule has 0 aliphatic carbocycles. The fourth-order valence-electron chi connectivity index (χ4n) is 2.78. The second kappa shape index (κ2) is 10.8. The minimum absolute atomic E-state index is 0.0966. The summed E-state index contributed by atoms with van der Waals surface area (Å²) in [4.78, 5) is 12.6. The van der Waals surface area contributed by atoms with Crippen molar-refractivity contribution in [1.29, 1.82) is 0 Å². The molecule has 8 heteroatoms. The predicted octanol–water partition coefficient (Wildman–Crippen LogP) is 6.06. The molecule has 162 valence electrons. The third kappa shape index (κ3) is 6.32. The second-order valence-electron chi connectivity index (χ2n) is 6.90. The van der Waals surface area contributed by atoms with E-state index in [0.29, 0.717) is 18.0 Å². The molecule has 0 fully saturated rings. The topological polar surface area (TPSA) is 76.1 Å². The van der Waals surface area contributed by atoms with Gasteiger partial charge in [0.2, 0.25) is 11.0 Å². The number of nitrogens with zero attached hydrogens (tertiary/aromatic N) is 2. The molecule has 0 bridgehead atoms. The Morgan fingerprint density at radius 3 is 2.31 bits per heavy atom. The SMILES string of the molecule is C[C@H](Sc1nnc(NCc2ccccc2)s1)C(=O)Nc1ccc(Oc2ccccc2)cc1. The highest BCUT2D eigenvalue weighted by atomic mass is 32.2. The summed E-state index contributed by atoms with van der Waals surface area (Å²) in [7, 11) is 0.